The fourth-order valence-electron chi connectivity index (χ4n) is 4.06. The summed E-state index contributed by atoms with van der Waals surface area (Å²) in [5.74, 6) is -1.22. The number of unbranched alkanes of at least 4 members (excludes halogenated alkanes) is 2. The number of fused-ring (bicyclic) bond motifs is 1. The van der Waals surface area contributed by atoms with Gasteiger partial charge in [-0.15, -0.1) is 0 Å². The molecule has 0 radical (unpaired) electrons. The summed E-state index contributed by atoms with van der Waals surface area (Å²) in [6, 6.07) is 0. The van der Waals surface area contributed by atoms with E-state index in [0.717, 1.165) is 25.7 Å². The summed E-state index contributed by atoms with van der Waals surface area (Å²) in [6.07, 6.45) is 7.33. The van der Waals surface area contributed by atoms with Gasteiger partial charge < -0.3 is 19.1 Å². The zero-order chi connectivity index (χ0) is 17.2. The average molecular weight is 337 g/mol. The van der Waals surface area contributed by atoms with Gasteiger partial charge >= 0.3 is 5.97 Å². The van der Waals surface area contributed by atoms with Crippen LogP contribution in [0.4, 0.5) is 0 Å². The molecule has 0 aromatic heterocycles. The molecule has 1 amide bonds. The summed E-state index contributed by atoms with van der Waals surface area (Å²) in [6.45, 7) is 4.29. The van der Waals surface area contributed by atoms with Crippen molar-refractivity contribution in [2.45, 2.75) is 44.3 Å². The first-order valence-electron chi connectivity index (χ1n) is 8.94. The minimum atomic E-state index is -0.637. The van der Waals surface area contributed by atoms with E-state index in [1.807, 2.05) is 12.2 Å². The number of carbonyl (C=O) groups excluding carboxylic acids is 2. The van der Waals surface area contributed by atoms with Gasteiger partial charge in [-0.3, -0.25) is 9.59 Å². The maximum absolute atomic E-state index is 12.8. The van der Waals surface area contributed by atoms with Gasteiger partial charge in [0.05, 0.1) is 25.2 Å². The van der Waals surface area contributed by atoms with Gasteiger partial charge in [0, 0.05) is 20.3 Å². The predicted molar refractivity (Wildman–Crippen MR) is 87.3 cm³/mol. The third-order valence-electron chi connectivity index (χ3n) is 5.22. The normalized spacial score (nSPS) is 33.3. The topological polar surface area (TPSA) is 65.1 Å². The SMILES string of the molecule is CCCCCOC(=O)C1C2C=C[C@]3(CN(CCCOC)C(=O)C13)O2. The minimum absolute atomic E-state index is 0.00783. The first kappa shape index (κ1) is 17.4. The number of ether oxygens (including phenoxy) is 3. The molecule has 0 N–H and O–H groups in total. The summed E-state index contributed by atoms with van der Waals surface area (Å²) in [5.41, 5.74) is -0.637. The maximum Gasteiger partial charge on any atom is 0.312 e. The average Bonchev–Trinajstić information content (AvgIpc) is 3.20. The van der Waals surface area contributed by atoms with Gasteiger partial charge in [-0.05, 0) is 12.8 Å². The van der Waals surface area contributed by atoms with Gasteiger partial charge in [-0.25, -0.2) is 0 Å². The monoisotopic (exact) mass is 337 g/mol. The minimum Gasteiger partial charge on any atom is -0.465 e. The van der Waals surface area contributed by atoms with Crippen molar-refractivity contribution in [1.29, 1.82) is 0 Å². The number of carbonyl (C=O) groups is 2. The Kier molecular flexibility index (Phi) is 5.25. The first-order chi connectivity index (χ1) is 11.6. The Bertz CT molecular complexity index is 520. The Morgan fingerprint density at radius 2 is 2.21 bits per heavy atom. The highest BCUT2D eigenvalue weighted by atomic mass is 16.6. The van der Waals surface area contributed by atoms with Gasteiger partial charge in [0.15, 0.2) is 0 Å². The molecule has 2 fully saturated rings. The number of nitrogens with zero attached hydrogens (tertiary/aromatic N) is 1. The van der Waals surface area contributed by atoms with E-state index in [0.29, 0.717) is 26.3 Å². The summed E-state index contributed by atoms with van der Waals surface area (Å²) in [7, 11) is 1.65. The van der Waals surface area contributed by atoms with E-state index in [9.17, 15) is 9.59 Å². The second-order valence-corrected chi connectivity index (χ2v) is 6.88. The van der Waals surface area contributed by atoms with E-state index in [1.54, 1.807) is 12.0 Å². The number of hydrogen-bond donors (Lipinski definition) is 0. The predicted octanol–water partition coefficient (Wildman–Crippen LogP) is 1.54. The molecule has 3 rings (SSSR count). The molecule has 24 heavy (non-hydrogen) atoms. The molecule has 6 heteroatoms. The number of hydrogen-bond acceptors (Lipinski definition) is 5. The summed E-state index contributed by atoms with van der Waals surface area (Å²) >= 11 is 0. The van der Waals surface area contributed by atoms with Crippen molar-refractivity contribution < 1.29 is 23.8 Å². The quantitative estimate of drug-likeness (QED) is 0.363. The van der Waals surface area contributed by atoms with Crippen molar-refractivity contribution in [3.8, 4) is 0 Å². The number of esters is 1. The third kappa shape index (κ3) is 2.97. The highest BCUT2D eigenvalue weighted by molar-refractivity contribution is 5.91. The van der Waals surface area contributed by atoms with Crippen molar-refractivity contribution in [2.75, 3.05) is 33.4 Å². The van der Waals surface area contributed by atoms with Crippen LogP contribution in [0.25, 0.3) is 0 Å². The molecule has 2 bridgehead atoms. The lowest BCUT2D eigenvalue weighted by molar-refractivity contribution is -0.154. The van der Waals surface area contributed by atoms with Gasteiger partial charge in [0.2, 0.25) is 5.91 Å². The molecule has 2 saturated heterocycles. The second-order valence-electron chi connectivity index (χ2n) is 6.88. The molecule has 3 unspecified atom stereocenters. The molecule has 1 spiro atoms. The molecule has 3 heterocycles. The molecule has 6 nitrogen and oxygen atoms in total. The highest BCUT2D eigenvalue weighted by Gasteiger charge is 2.67. The van der Waals surface area contributed by atoms with Crippen LogP contribution in [0.2, 0.25) is 0 Å². The molecule has 4 atom stereocenters. The summed E-state index contributed by atoms with van der Waals surface area (Å²) < 4.78 is 16.5. The Morgan fingerprint density at radius 3 is 2.96 bits per heavy atom. The van der Waals surface area contributed by atoms with Crippen molar-refractivity contribution in [2.24, 2.45) is 11.8 Å². The zero-order valence-corrected chi connectivity index (χ0v) is 14.5. The molecule has 134 valence electrons. The number of likely N-dealkylation sites (tertiary alicyclic amines) is 1. The van der Waals surface area contributed by atoms with E-state index in [4.69, 9.17) is 14.2 Å². The van der Waals surface area contributed by atoms with Crippen LogP contribution in [-0.2, 0) is 23.8 Å². The second kappa shape index (κ2) is 7.23. The fourth-order valence-corrected chi connectivity index (χ4v) is 4.06. The molecule has 0 aliphatic carbocycles. The third-order valence-corrected chi connectivity index (χ3v) is 5.22. The molecule has 3 aliphatic rings. The Balaban J connectivity index is 1.64. The first-order valence-corrected chi connectivity index (χ1v) is 8.94. The van der Waals surface area contributed by atoms with Gasteiger partial charge in [0.1, 0.15) is 11.5 Å². The highest BCUT2D eigenvalue weighted by Crippen LogP contribution is 2.52. The summed E-state index contributed by atoms with van der Waals surface area (Å²) in [4.78, 5) is 27.1. The molecular weight excluding hydrogens is 310 g/mol. The van der Waals surface area contributed by atoms with E-state index < -0.39 is 17.4 Å². The summed E-state index contributed by atoms with van der Waals surface area (Å²) in [5, 5.41) is 0. The lowest BCUT2D eigenvalue weighted by atomic mass is 9.77. The van der Waals surface area contributed by atoms with Crippen molar-refractivity contribution >= 4 is 11.9 Å². The van der Waals surface area contributed by atoms with Gasteiger partial charge in [-0.1, -0.05) is 31.9 Å². The number of rotatable bonds is 9. The molecule has 0 aromatic rings. The van der Waals surface area contributed by atoms with E-state index >= 15 is 0 Å². The molecule has 3 aliphatic heterocycles. The van der Waals surface area contributed by atoms with E-state index in [-0.39, 0.29) is 18.0 Å². The lowest BCUT2D eigenvalue weighted by Gasteiger charge is -2.22. The Hall–Kier alpha value is -1.40. The molecule has 0 aromatic carbocycles. The van der Waals surface area contributed by atoms with Crippen LogP contribution in [0.5, 0.6) is 0 Å². The van der Waals surface area contributed by atoms with E-state index in [2.05, 4.69) is 6.92 Å². The number of amides is 1. The number of methoxy groups -OCH3 is 1. The van der Waals surface area contributed by atoms with Crippen LogP contribution in [-0.4, -0.2) is 61.9 Å². The van der Waals surface area contributed by atoms with Crippen LogP contribution < -0.4 is 0 Å². The van der Waals surface area contributed by atoms with E-state index in [1.165, 1.54) is 0 Å². The largest absolute Gasteiger partial charge is 0.465 e. The standard InChI is InChI=1S/C18H27NO5/c1-3-4-5-11-23-17(21)14-13-7-8-18(24-13)12-19(9-6-10-22-2)16(20)15(14)18/h7-8,13-15H,3-6,9-12H2,1-2H3/t13?,14?,15?,18-/m1/s1. The Morgan fingerprint density at radius 1 is 1.38 bits per heavy atom. The van der Waals surface area contributed by atoms with Crippen LogP contribution in [0.3, 0.4) is 0 Å². The smallest absolute Gasteiger partial charge is 0.312 e. The van der Waals surface area contributed by atoms with Crippen LogP contribution in [0.15, 0.2) is 12.2 Å². The lowest BCUT2D eigenvalue weighted by Crippen LogP contribution is -2.40. The molecule has 0 saturated carbocycles. The van der Waals surface area contributed by atoms with Gasteiger partial charge in [-0.2, -0.15) is 0 Å². The Labute approximate surface area is 143 Å². The van der Waals surface area contributed by atoms with Crippen molar-refractivity contribution in [1.82, 2.24) is 4.90 Å². The van der Waals surface area contributed by atoms with Crippen molar-refractivity contribution in [3.63, 3.8) is 0 Å². The molecular formula is C18H27NO5. The van der Waals surface area contributed by atoms with Crippen molar-refractivity contribution in [3.05, 3.63) is 12.2 Å². The van der Waals surface area contributed by atoms with Crippen LogP contribution >= 0.6 is 0 Å². The van der Waals surface area contributed by atoms with Crippen LogP contribution in [0, 0.1) is 11.8 Å². The fraction of sp³-hybridized carbons (Fsp3) is 0.778. The van der Waals surface area contributed by atoms with Gasteiger partial charge in [0.25, 0.3) is 0 Å². The van der Waals surface area contributed by atoms with Crippen LogP contribution in [0.1, 0.15) is 32.6 Å². The zero-order valence-electron chi connectivity index (χ0n) is 14.5. The maximum atomic E-state index is 12.8.